The van der Waals surface area contributed by atoms with E-state index in [2.05, 4.69) is 16.0 Å². The Labute approximate surface area is 186 Å². The molecule has 2 amide bonds. The topological polar surface area (TPSA) is 85.2 Å². The maximum atomic E-state index is 12.7. The van der Waals surface area contributed by atoms with E-state index in [0.29, 0.717) is 22.0 Å². The van der Waals surface area contributed by atoms with Crippen LogP contribution in [0.2, 0.25) is 5.02 Å². The average molecular weight is 441 g/mol. The predicted molar refractivity (Wildman–Crippen MR) is 120 cm³/mol. The number of carbonyl (C=O) groups is 2. The molecule has 0 saturated carbocycles. The van der Waals surface area contributed by atoms with Crippen molar-refractivity contribution in [3.63, 3.8) is 0 Å². The maximum Gasteiger partial charge on any atom is 0.276 e. The molecule has 0 aliphatic carbocycles. The molecule has 0 radical (unpaired) electrons. The molecule has 0 saturated heterocycles. The van der Waals surface area contributed by atoms with Crippen molar-refractivity contribution in [3.8, 4) is 11.4 Å². The van der Waals surface area contributed by atoms with Crippen molar-refractivity contribution >= 4 is 23.4 Å². The van der Waals surface area contributed by atoms with Crippen molar-refractivity contribution in [2.75, 3.05) is 6.61 Å². The number of amides is 2. The molecule has 0 aliphatic rings. The summed E-state index contributed by atoms with van der Waals surface area (Å²) < 4.78 is 7.16. The number of nitrogens with one attached hydrogen (secondary N) is 2. The van der Waals surface area contributed by atoms with Crippen LogP contribution < -0.4 is 15.6 Å². The second-order valence-electron chi connectivity index (χ2n) is 7.53. The number of aryl methyl sites for hydroxylation is 2. The molecule has 0 bridgehead atoms. The van der Waals surface area contributed by atoms with Gasteiger partial charge in [-0.25, -0.2) is 4.68 Å². The molecule has 2 N–H and O–H groups in total. The SMILES string of the molecule is Cc1ccc(OCC(=O)NNC(=O)c2cnn(-c3cccc(Cl)c3)c2C(C)C)cc1C. The van der Waals surface area contributed by atoms with Gasteiger partial charge in [0.2, 0.25) is 0 Å². The van der Waals surface area contributed by atoms with Crippen molar-refractivity contribution in [2.24, 2.45) is 0 Å². The van der Waals surface area contributed by atoms with Crippen LogP contribution >= 0.6 is 11.6 Å². The first-order chi connectivity index (χ1) is 14.8. The van der Waals surface area contributed by atoms with Gasteiger partial charge in [-0.1, -0.05) is 37.6 Å². The van der Waals surface area contributed by atoms with E-state index in [9.17, 15) is 9.59 Å². The molecule has 2 aromatic carbocycles. The highest BCUT2D eigenvalue weighted by Crippen LogP contribution is 2.24. The fourth-order valence-corrected chi connectivity index (χ4v) is 3.27. The lowest BCUT2D eigenvalue weighted by atomic mass is 10.1. The van der Waals surface area contributed by atoms with Gasteiger partial charge in [-0.15, -0.1) is 0 Å². The van der Waals surface area contributed by atoms with Gasteiger partial charge in [0.1, 0.15) is 5.75 Å². The van der Waals surface area contributed by atoms with E-state index in [1.165, 1.54) is 6.20 Å². The van der Waals surface area contributed by atoms with Gasteiger partial charge in [0, 0.05) is 5.02 Å². The molecule has 8 heteroatoms. The number of aromatic nitrogens is 2. The zero-order chi connectivity index (χ0) is 22.5. The number of hydrazine groups is 1. The molecule has 31 heavy (non-hydrogen) atoms. The van der Waals surface area contributed by atoms with E-state index < -0.39 is 11.8 Å². The predicted octanol–water partition coefficient (Wildman–Crippen LogP) is 4.11. The third kappa shape index (κ3) is 5.44. The summed E-state index contributed by atoms with van der Waals surface area (Å²) in [5.41, 5.74) is 8.85. The second kappa shape index (κ2) is 9.66. The van der Waals surface area contributed by atoms with E-state index in [1.54, 1.807) is 22.9 Å². The third-order valence-electron chi connectivity index (χ3n) is 4.81. The summed E-state index contributed by atoms with van der Waals surface area (Å²) in [5, 5.41) is 4.92. The van der Waals surface area contributed by atoms with Gasteiger partial charge in [0.15, 0.2) is 6.61 Å². The fraction of sp³-hybridized carbons (Fsp3) is 0.261. The minimum atomic E-state index is -0.472. The number of hydrogen-bond acceptors (Lipinski definition) is 4. The highest BCUT2D eigenvalue weighted by atomic mass is 35.5. The van der Waals surface area contributed by atoms with Crippen molar-refractivity contribution < 1.29 is 14.3 Å². The summed E-state index contributed by atoms with van der Waals surface area (Å²) in [6, 6.07) is 12.8. The molecular weight excluding hydrogens is 416 g/mol. The first-order valence-corrected chi connectivity index (χ1v) is 10.3. The molecular formula is C23H25ClN4O3. The average Bonchev–Trinajstić information content (AvgIpc) is 3.18. The van der Waals surface area contributed by atoms with Crippen LogP contribution in [0.3, 0.4) is 0 Å². The number of carbonyl (C=O) groups excluding carboxylic acids is 2. The van der Waals surface area contributed by atoms with E-state index in [0.717, 1.165) is 16.8 Å². The lowest BCUT2D eigenvalue weighted by Crippen LogP contribution is -2.44. The number of rotatable bonds is 6. The van der Waals surface area contributed by atoms with E-state index in [-0.39, 0.29) is 12.5 Å². The molecule has 7 nitrogen and oxygen atoms in total. The van der Waals surface area contributed by atoms with Crippen LogP contribution in [0.25, 0.3) is 5.69 Å². The zero-order valence-electron chi connectivity index (χ0n) is 17.9. The van der Waals surface area contributed by atoms with Crippen LogP contribution in [0, 0.1) is 13.8 Å². The van der Waals surface area contributed by atoms with Gasteiger partial charge < -0.3 is 4.74 Å². The van der Waals surface area contributed by atoms with Crippen LogP contribution in [-0.2, 0) is 4.79 Å². The van der Waals surface area contributed by atoms with Gasteiger partial charge >= 0.3 is 0 Å². The van der Waals surface area contributed by atoms with E-state index >= 15 is 0 Å². The first kappa shape index (κ1) is 22.4. The summed E-state index contributed by atoms with van der Waals surface area (Å²) in [5.74, 6) is -0.336. The van der Waals surface area contributed by atoms with Gasteiger partial charge in [-0.3, -0.25) is 20.4 Å². The quantitative estimate of drug-likeness (QED) is 0.565. The molecule has 1 aromatic heterocycles. The Morgan fingerprint density at radius 1 is 1.10 bits per heavy atom. The van der Waals surface area contributed by atoms with E-state index in [4.69, 9.17) is 16.3 Å². The number of nitrogens with zero attached hydrogens (tertiary/aromatic N) is 2. The molecule has 1 heterocycles. The molecule has 162 valence electrons. The summed E-state index contributed by atoms with van der Waals surface area (Å²) in [6.07, 6.45) is 1.48. The van der Waals surface area contributed by atoms with Gasteiger partial charge in [-0.2, -0.15) is 5.10 Å². The number of hydrogen-bond donors (Lipinski definition) is 2. The summed E-state index contributed by atoms with van der Waals surface area (Å²) >= 11 is 6.09. The van der Waals surface area contributed by atoms with Crippen LogP contribution in [0.15, 0.2) is 48.7 Å². The minimum Gasteiger partial charge on any atom is -0.484 e. The lowest BCUT2D eigenvalue weighted by molar-refractivity contribution is -0.123. The number of benzene rings is 2. The molecule has 0 spiro atoms. The van der Waals surface area contributed by atoms with Gasteiger partial charge in [0.05, 0.1) is 23.1 Å². The van der Waals surface area contributed by atoms with Crippen molar-refractivity contribution in [1.29, 1.82) is 0 Å². The third-order valence-corrected chi connectivity index (χ3v) is 5.05. The Balaban J connectivity index is 1.65. The van der Waals surface area contributed by atoms with Crippen molar-refractivity contribution in [3.05, 3.63) is 76.1 Å². The van der Waals surface area contributed by atoms with Crippen molar-refractivity contribution in [2.45, 2.75) is 33.6 Å². The van der Waals surface area contributed by atoms with Crippen LogP contribution in [0.1, 0.15) is 46.9 Å². The largest absolute Gasteiger partial charge is 0.484 e. The Bertz CT molecular complexity index is 1110. The second-order valence-corrected chi connectivity index (χ2v) is 7.96. The molecule has 0 unspecified atom stereocenters. The summed E-state index contributed by atoms with van der Waals surface area (Å²) in [6.45, 7) is 7.68. The smallest absolute Gasteiger partial charge is 0.276 e. The normalized spacial score (nSPS) is 10.8. The Kier molecular flexibility index (Phi) is 6.97. The number of ether oxygens (including phenoxy) is 1. The van der Waals surface area contributed by atoms with Crippen LogP contribution in [0.5, 0.6) is 5.75 Å². The Morgan fingerprint density at radius 2 is 1.87 bits per heavy atom. The summed E-state index contributed by atoms with van der Waals surface area (Å²) in [4.78, 5) is 24.8. The van der Waals surface area contributed by atoms with Crippen LogP contribution in [-0.4, -0.2) is 28.2 Å². The summed E-state index contributed by atoms with van der Waals surface area (Å²) in [7, 11) is 0. The minimum absolute atomic E-state index is 0.00560. The highest BCUT2D eigenvalue weighted by Gasteiger charge is 2.21. The van der Waals surface area contributed by atoms with Crippen LogP contribution in [0.4, 0.5) is 0 Å². The maximum absolute atomic E-state index is 12.7. The fourth-order valence-electron chi connectivity index (χ4n) is 3.08. The van der Waals surface area contributed by atoms with Crippen molar-refractivity contribution in [1.82, 2.24) is 20.6 Å². The molecule has 0 fully saturated rings. The Morgan fingerprint density at radius 3 is 2.55 bits per heavy atom. The molecule has 3 rings (SSSR count). The standard InChI is InChI=1S/C23H25ClN4O3/c1-14(2)22-20(12-25-28(22)18-7-5-6-17(24)11-18)23(30)27-26-21(29)13-31-19-9-8-15(3)16(4)10-19/h5-12,14H,13H2,1-4H3,(H,26,29)(H,27,30). The highest BCUT2D eigenvalue weighted by molar-refractivity contribution is 6.30. The molecule has 0 atom stereocenters. The molecule has 0 aliphatic heterocycles. The van der Waals surface area contributed by atoms with Gasteiger partial charge in [0.25, 0.3) is 11.8 Å². The van der Waals surface area contributed by atoms with E-state index in [1.807, 2.05) is 52.0 Å². The monoisotopic (exact) mass is 440 g/mol. The first-order valence-electron chi connectivity index (χ1n) is 9.89. The molecule has 3 aromatic rings. The van der Waals surface area contributed by atoms with Gasteiger partial charge in [-0.05, 0) is 61.2 Å². The lowest BCUT2D eigenvalue weighted by Gasteiger charge is -2.14. The number of halogens is 1. The Hall–Kier alpha value is -3.32. The zero-order valence-corrected chi connectivity index (χ0v) is 18.7.